The van der Waals surface area contributed by atoms with Gasteiger partial charge in [0, 0.05) is 51.0 Å². The van der Waals surface area contributed by atoms with Gasteiger partial charge in [0.25, 0.3) is 5.91 Å². The normalized spacial score (nSPS) is 14.1. The first-order chi connectivity index (χ1) is 15.2. The molecule has 9 heteroatoms. The molecule has 1 fully saturated rings. The maximum absolute atomic E-state index is 13.4. The Labute approximate surface area is 178 Å². The summed E-state index contributed by atoms with van der Waals surface area (Å²) in [6, 6.07) is 11.6. The molecular formula is C22H20FN7O. The van der Waals surface area contributed by atoms with Crippen LogP contribution >= 0.6 is 0 Å². The number of amides is 1. The van der Waals surface area contributed by atoms with Gasteiger partial charge in [-0.15, -0.1) is 0 Å². The van der Waals surface area contributed by atoms with Gasteiger partial charge < -0.3 is 14.4 Å². The molecule has 3 aromatic heterocycles. The molecule has 1 aliphatic heterocycles. The average Bonchev–Trinajstić information content (AvgIpc) is 3.50. The predicted molar refractivity (Wildman–Crippen MR) is 113 cm³/mol. The minimum absolute atomic E-state index is 0.0920. The fourth-order valence-electron chi connectivity index (χ4n) is 3.72. The fourth-order valence-corrected chi connectivity index (χ4v) is 3.72. The van der Waals surface area contributed by atoms with Crippen LogP contribution in [-0.4, -0.2) is 61.3 Å². The molecular weight excluding hydrogens is 397 g/mol. The van der Waals surface area contributed by atoms with Crippen LogP contribution in [-0.2, 0) is 0 Å². The van der Waals surface area contributed by atoms with Crippen LogP contribution in [0.5, 0.6) is 0 Å². The zero-order valence-corrected chi connectivity index (χ0v) is 16.7. The summed E-state index contributed by atoms with van der Waals surface area (Å²) in [4.78, 5) is 25.9. The van der Waals surface area contributed by atoms with E-state index in [1.54, 1.807) is 41.5 Å². The first-order valence-electron chi connectivity index (χ1n) is 9.99. The Hall–Kier alpha value is -4.01. The predicted octanol–water partition coefficient (Wildman–Crippen LogP) is 2.55. The number of benzene rings is 1. The second-order valence-corrected chi connectivity index (χ2v) is 7.19. The highest BCUT2D eigenvalue weighted by Gasteiger charge is 2.28. The van der Waals surface area contributed by atoms with Crippen molar-refractivity contribution in [2.75, 3.05) is 31.1 Å². The third kappa shape index (κ3) is 3.65. The van der Waals surface area contributed by atoms with E-state index in [4.69, 9.17) is 0 Å². The summed E-state index contributed by atoms with van der Waals surface area (Å²) in [7, 11) is 0. The number of aromatic nitrogens is 5. The van der Waals surface area contributed by atoms with E-state index in [2.05, 4.69) is 20.0 Å². The zero-order chi connectivity index (χ0) is 21.2. The molecule has 1 saturated heterocycles. The second kappa shape index (κ2) is 8.02. The van der Waals surface area contributed by atoms with Crippen molar-refractivity contribution < 1.29 is 9.18 Å². The largest absolute Gasteiger partial charge is 0.337 e. The van der Waals surface area contributed by atoms with Crippen LogP contribution in [0.25, 0.3) is 11.5 Å². The first-order valence-corrected chi connectivity index (χ1v) is 9.99. The van der Waals surface area contributed by atoms with Crippen molar-refractivity contribution in [1.29, 1.82) is 0 Å². The van der Waals surface area contributed by atoms with Crippen LogP contribution in [0, 0.1) is 5.82 Å². The number of carbonyl (C=O) groups is 1. The van der Waals surface area contributed by atoms with E-state index in [0.29, 0.717) is 49.2 Å². The summed E-state index contributed by atoms with van der Waals surface area (Å²) >= 11 is 0. The summed E-state index contributed by atoms with van der Waals surface area (Å²) in [6.45, 7) is 2.43. The highest BCUT2D eigenvalue weighted by molar-refractivity contribution is 5.97. The van der Waals surface area contributed by atoms with Gasteiger partial charge in [-0.2, -0.15) is 5.10 Å². The van der Waals surface area contributed by atoms with E-state index in [1.165, 1.54) is 12.1 Å². The Balaban J connectivity index is 1.42. The van der Waals surface area contributed by atoms with Crippen LogP contribution in [0.3, 0.4) is 0 Å². The molecule has 0 unspecified atom stereocenters. The lowest BCUT2D eigenvalue weighted by Crippen LogP contribution is -2.49. The molecule has 5 rings (SSSR count). The Morgan fingerprint density at radius 2 is 1.58 bits per heavy atom. The topological polar surface area (TPSA) is 72.1 Å². The first kappa shape index (κ1) is 19.0. The van der Waals surface area contributed by atoms with Crippen LogP contribution in [0.15, 0.2) is 73.4 Å². The molecule has 4 heterocycles. The maximum Gasteiger partial charge on any atom is 0.259 e. The third-order valence-corrected chi connectivity index (χ3v) is 5.30. The Morgan fingerprint density at radius 3 is 2.26 bits per heavy atom. The number of hydrogen-bond donors (Lipinski definition) is 0. The molecule has 1 aliphatic rings. The van der Waals surface area contributed by atoms with E-state index in [0.717, 1.165) is 0 Å². The quantitative estimate of drug-likeness (QED) is 0.510. The molecule has 0 aliphatic carbocycles. The monoisotopic (exact) mass is 417 g/mol. The number of piperazine rings is 1. The lowest BCUT2D eigenvalue weighted by atomic mass is 10.2. The van der Waals surface area contributed by atoms with Crippen LogP contribution in [0.1, 0.15) is 10.4 Å². The summed E-state index contributed by atoms with van der Waals surface area (Å²) in [5.41, 5.74) is 1.17. The maximum atomic E-state index is 13.4. The van der Waals surface area contributed by atoms with Crippen LogP contribution in [0.2, 0.25) is 0 Å². The summed E-state index contributed by atoms with van der Waals surface area (Å²) in [5.74, 6) is 0.878. The lowest BCUT2D eigenvalue weighted by molar-refractivity contribution is 0.0746. The molecule has 0 radical (unpaired) electrons. The number of halogens is 1. The summed E-state index contributed by atoms with van der Waals surface area (Å²) in [5, 5.41) is 4.45. The molecule has 8 nitrogen and oxygen atoms in total. The Kier molecular flexibility index (Phi) is 4.91. The van der Waals surface area contributed by atoms with Crippen LogP contribution in [0.4, 0.5) is 10.3 Å². The van der Waals surface area contributed by atoms with Gasteiger partial charge in [0.2, 0.25) is 5.95 Å². The molecule has 0 spiro atoms. The van der Waals surface area contributed by atoms with E-state index in [9.17, 15) is 9.18 Å². The van der Waals surface area contributed by atoms with Gasteiger partial charge in [0.15, 0.2) is 5.82 Å². The van der Waals surface area contributed by atoms with Gasteiger partial charge in [-0.25, -0.2) is 19.0 Å². The highest BCUT2D eigenvalue weighted by Crippen LogP contribution is 2.22. The lowest BCUT2D eigenvalue weighted by Gasteiger charge is -2.34. The second-order valence-electron chi connectivity index (χ2n) is 7.19. The number of nitrogens with zero attached hydrogens (tertiary/aromatic N) is 7. The van der Waals surface area contributed by atoms with Crippen molar-refractivity contribution >= 4 is 11.9 Å². The standard InChI is InChI=1S/C22H20FN7O/c23-17-4-6-18(7-5-17)30-20(27-10-1-2-11-27)19(16-26-30)21(31)28-12-14-29(15-13-28)22-24-8-3-9-25-22/h1-11,16H,12-15H2. The van der Waals surface area contributed by atoms with Crippen molar-refractivity contribution in [3.05, 3.63) is 84.8 Å². The molecule has 156 valence electrons. The van der Waals surface area contributed by atoms with Crippen molar-refractivity contribution in [3.8, 4) is 11.5 Å². The molecule has 4 aromatic rings. The fraction of sp³-hybridized carbons (Fsp3) is 0.182. The van der Waals surface area contributed by atoms with Crippen molar-refractivity contribution in [2.24, 2.45) is 0 Å². The van der Waals surface area contributed by atoms with E-state index >= 15 is 0 Å². The minimum Gasteiger partial charge on any atom is -0.337 e. The summed E-state index contributed by atoms with van der Waals surface area (Å²) < 4.78 is 16.9. The number of rotatable bonds is 4. The number of hydrogen-bond acceptors (Lipinski definition) is 5. The molecule has 31 heavy (non-hydrogen) atoms. The number of anilines is 1. The van der Waals surface area contributed by atoms with Crippen LogP contribution < -0.4 is 4.90 Å². The van der Waals surface area contributed by atoms with Gasteiger partial charge in [-0.1, -0.05) is 0 Å². The molecule has 0 N–H and O–H groups in total. The Morgan fingerprint density at radius 1 is 0.903 bits per heavy atom. The van der Waals surface area contributed by atoms with Gasteiger partial charge in [0.1, 0.15) is 11.4 Å². The van der Waals surface area contributed by atoms with E-state index < -0.39 is 0 Å². The molecule has 1 aromatic carbocycles. The third-order valence-electron chi connectivity index (χ3n) is 5.30. The average molecular weight is 417 g/mol. The molecule has 0 atom stereocenters. The van der Waals surface area contributed by atoms with Gasteiger partial charge in [0.05, 0.1) is 11.9 Å². The van der Waals surface area contributed by atoms with Gasteiger partial charge in [-0.3, -0.25) is 4.79 Å². The highest BCUT2D eigenvalue weighted by atomic mass is 19.1. The van der Waals surface area contributed by atoms with Crippen molar-refractivity contribution in [2.45, 2.75) is 0 Å². The van der Waals surface area contributed by atoms with Gasteiger partial charge >= 0.3 is 0 Å². The molecule has 1 amide bonds. The van der Waals surface area contributed by atoms with E-state index in [-0.39, 0.29) is 11.7 Å². The molecule has 0 saturated carbocycles. The van der Waals surface area contributed by atoms with Gasteiger partial charge in [-0.05, 0) is 42.5 Å². The zero-order valence-electron chi connectivity index (χ0n) is 16.7. The Bertz CT molecular complexity index is 1160. The molecule has 0 bridgehead atoms. The minimum atomic E-state index is -0.324. The van der Waals surface area contributed by atoms with Crippen molar-refractivity contribution in [1.82, 2.24) is 29.2 Å². The smallest absolute Gasteiger partial charge is 0.259 e. The van der Waals surface area contributed by atoms with E-state index in [1.807, 2.05) is 34.0 Å². The number of carbonyl (C=O) groups excluding carboxylic acids is 1. The SMILES string of the molecule is O=C(c1cnn(-c2ccc(F)cc2)c1-n1cccc1)N1CCN(c2ncccn2)CC1. The summed E-state index contributed by atoms with van der Waals surface area (Å²) in [6.07, 6.45) is 8.73. The van der Waals surface area contributed by atoms with Crippen molar-refractivity contribution in [3.63, 3.8) is 0 Å².